The van der Waals surface area contributed by atoms with Gasteiger partial charge in [0, 0.05) is 0 Å². The normalized spacial score (nSPS) is 16.2. The van der Waals surface area contributed by atoms with Crippen molar-refractivity contribution in [1.29, 1.82) is 0 Å². The number of benzene rings is 3. The molecule has 1 aliphatic rings. The Balaban J connectivity index is 1.56. The molecule has 0 fully saturated rings. The first-order chi connectivity index (χ1) is 13.1. The smallest absolute Gasteiger partial charge is 0.126 e. The van der Waals surface area contributed by atoms with Crippen LogP contribution in [-0.4, -0.2) is 0 Å². The van der Waals surface area contributed by atoms with Crippen LogP contribution in [0.25, 0.3) is 11.1 Å². The highest BCUT2D eigenvalue weighted by Crippen LogP contribution is 2.36. The zero-order valence-electron chi connectivity index (χ0n) is 15.6. The lowest BCUT2D eigenvalue weighted by Gasteiger charge is -2.26. The maximum absolute atomic E-state index is 14.6. The number of halogens is 2. The van der Waals surface area contributed by atoms with Gasteiger partial charge in [-0.05, 0) is 83.2 Å². The van der Waals surface area contributed by atoms with Crippen molar-refractivity contribution in [1.82, 2.24) is 0 Å². The van der Waals surface area contributed by atoms with Crippen molar-refractivity contribution in [3.63, 3.8) is 0 Å². The van der Waals surface area contributed by atoms with Crippen molar-refractivity contribution < 1.29 is 8.78 Å². The van der Waals surface area contributed by atoms with Crippen LogP contribution in [0.1, 0.15) is 47.9 Å². The van der Waals surface area contributed by atoms with Gasteiger partial charge < -0.3 is 0 Å². The zero-order chi connectivity index (χ0) is 18.8. The van der Waals surface area contributed by atoms with Crippen LogP contribution in [0, 0.1) is 11.6 Å². The second-order valence-electron chi connectivity index (χ2n) is 7.54. The summed E-state index contributed by atoms with van der Waals surface area (Å²) in [4.78, 5) is 0. The van der Waals surface area contributed by atoms with Crippen LogP contribution in [0.4, 0.5) is 8.78 Å². The Bertz CT molecular complexity index is 941. The molecule has 0 spiro atoms. The summed E-state index contributed by atoms with van der Waals surface area (Å²) in [5.74, 6) is -0.0336. The molecule has 0 bridgehead atoms. The predicted molar refractivity (Wildman–Crippen MR) is 107 cm³/mol. The van der Waals surface area contributed by atoms with Crippen molar-refractivity contribution in [2.45, 2.75) is 44.9 Å². The minimum atomic E-state index is -0.216. The van der Waals surface area contributed by atoms with Crippen LogP contribution in [0.2, 0.25) is 0 Å². The summed E-state index contributed by atoms with van der Waals surface area (Å²) in [5, 5.41) is 0. The monoisotopic (exact) mass is 362 g/mol. The standard InChI is InChI=1S/C25H24F2/c1-2-3-17-4-13-24(25(27)14-17)22-8-7-20-15-19(5-6-21(20)16-22)18-9-11-23(26)12-10-18/h4-6,9-15,22H,2-3,7-8,16H2,1H3. The lowest BCUT2D eigenvalue weighted by molar-refractivity contribution is 0.533. The molecule has 0 aromatic heterocycles. The van der Waals surface area contributed by atoms with E-state index in [2.05, 4.69) is 31.2 Å². The summed E-state index contributed by atoms with van der Waals surface area (Å²) in [6.07, 6.45) is 4.75. The van der Waals surface area contributed by atoms with E-state index in [9.17, 15) is 8.78 Å². The summed E-state index contributed by atoms with van der Waals surface area (Å²) in [7, 11) is 0. The Hall–Kier alpha value is -2.48. The van der Waals surface area contributed by atoms with Crippen LogP contribution in [0.3, 0.4) is 0 Å². The highest BCUT2D eigenvalue weighted by atomic mass is 19.1. The Labute approximate surface area is 159 Å². The molecule has 4 rings (SSSR count). The van der Waals surface area contributed by atoms with Crippen molar-refractivity contribution in [2.24, 2.45) is 0 Å². The largest absolute Gasteiger partial charge is 0.207 e. The van der Waals surface area contributed by atoms with E-state index >= 15 is 0 Å². The third-order valence-electron chi connectivity index (χ3n) is 5.66. The van der Waals surface area contributed by atoms with E-state index in [-0.39, 0.29) is 17.6 Å². The molecule has 0 nitrogen and oxygen atoms in total. The molecule has 0 saturated carbocycles. The lowest BCUT2D eigenvalue weighted by atomic mass is 9.79. The molecule has 2 heteroatoms. The average Bonchev–Trinajstić information content (AvgIpc) is 2.68. The van der Waals surface area contributed by atoms with Crippen LogP contribution >= 0.6 is 0 Å². The molecule has 3 aromatic rings. The number of aryl methyl sites for hydroxylation is 2. The van der Waals surface area contributed by atoms with Crippen molar-refractivity contribution in [3.8, 4) is 11.1 Å². The van der Waals surface area contributed by atoms with Gasteiger partial charge in [-0.25, -0.2) is 8.78 Å². The first kappa shape index (κ1) is 17.9. The van der Waals surface area contributed by atoms with Crippen LogP contribution in [0.5, 0.6) is 0 Å². The Morgan fingerprint density at radius 2 is 1.63 bits per heavy atom. The van der Waals surface area contributed by atoms with E-state index < -0.39 is 0 Å². The third kappa shape index (κ3) is 3.80. The molecule has 1 aliphatic carbocycles. The minimum absolute atomic E-state index is 0.0580. The van der Waals surface area contributed by atoms with Gasteiger partial charge in [0.15, 0.2) is 0 Å². The summed E-state index contributed by atoms with van der Waals surface area (Å²) in [5.41, 5.74) is 6.70. The molecule has 1 atom stereocenters. The number of fused-ring (bicyclic) bond motifs is 1. The molecule has 0 amide bonds. The molecule has 3 aromatic carbocycles. The fourth-order valence-electron chi connectivity index (χ4n) is 4.19. The molecule has 0 heterocycles. The molecule has 0 radical (unpaired) electrons. The summed E-state index contributed by atoms with van der Waals surface area (Å²) >= 11 is 0. The fourth-order valence-corrected chi connectivity index (χ4v) is 4.19. The van der Waals surface area contributed by atoms with E-state index in [1.807, 2.05) is 18.2 Å². The highest BCUT2D eigenvalue weighted by molar-refractivity contribution is 5.65. The topological polar surface area (TPSA) is 0 Å². The molecule has 0 aliphatic heterocycles. The van der Waals surface area contributed by atoms with E-state index in [1.165, 1.54) is 23.3 Å². The Morgan fingerprint density at radius 1 is 0.852 bits per heavy atom. The van der Waals surface area contributed by atoms with Crippen molar-refractivity contribution in [2.75, 3.05) is 0 Å². The van der Waals surface area contributed by atoms with Gasteiger partial charge in [0.2, 0.25) is 0 Å². The number of rotatable bonds is 4. The van der Waals surface area contributed by atoms with Gasteiger partial charge in [0.25, 0.3) is 0 Å². The Kier molecular flexibility index (Phi) is 5.07. The van der Waals surface area contributed by atoms with Gasteiger partial charge in [0.05, 0.1) is 0 Å². The summed E-state index contributed by atoms with van der Waals surface area (Å²) in [6.45, 7) is 2.12. The van der Waals surface area contributed by atoms with E-state index in [0.29, 0.717) is 0 Å². The molecule has 1 unspecified atom stereocenters. The Morgan fingerprint density at radius 3 is 2.37 bits per heavy atom. The SMILES string of the molecule is CCCc1ccc(C2CCc3cc(-c4ccc(F)cc4)ccc3C2)c(F)c1. The summed E-state index contributed by atoms with van der Waals surface area (Å²) < 4.78 is 27.8. The van der Waals surface area contributed by atoms with Crippen LogP contribution in [0.15, 0.2) is 60.7 Å². The van der Waals surface area contributed by atoms with Gasteiger partial charge in [-0.1, -0.05) is 55.8 Å². The molecular formula is C25H24F2. The van der Waals surface area contributed by atoms with E-state index in [4.69, 9.17) is 0 Å². The van der Waals surface area contributed by atoms with Gasteiger partial charge in [-0.3, -0.25) is 0 Å². The first-order valence-corrected chi connectivity index (χ1v) is 9.80. The number of hydrogen-bond donors (Lipinski definition) is 0. The van der Waals surface area contributed by atoms with Crippen molar-refractivity contribution in [3.05, 3.63) is 94.6 Å². The zero-order valence-corrected chi connectivity index (χ0v) is 15.6. The maximum atomic E-state index is 14.6. The minimum Gasteiger partial charge on any atom is -0.207 e. The molecule has 0 N–H and O–H groups in total. The third-order valence-corrected chi connectivity index (χ3v) is 5.66. The van der Waals surface area contributed by atoms with E-state index in [1.54, 1.807) is 6.07 Å². The lowest BCUT2D eigenvalue weighted by Crippen LogP contribution is -2.14. The van der Waals surface area contributed by atoms with Crippen LogP contribution < -0.4 is 0 Å². The quantitative estimate of drug-likeness (QED) is 0.476. The van der Waals surface area contributed by atoms with Gasteiger partial charge in [-0.2, -0.15) is 0 Å². The van der Waals surface area contributed by atoms with Gasteiger partial charge >= 0.3 is 0 Å². The molecule has 0 saturated heterocycles. The highest BCUT2D eigenvalue weighted by Gasteiger charge is 2.23. The maximum Gasteiger partial charge on any atom is 0.126 e. The van der Waals surface area contributed by atoms with Gasteiger partial charge in [0.1, 0.15) is 11.6 Å². The van der Waals surface area contributed by atoms with Gasteiger partial charge in [-0.15, -0.1) is 0 Å². The molecule has 138 valence electrons. The fraction of sp³-hybridized carbons (Fsp3) is 0.280. The number of hydrogen-bond acceptors (Lipinski definition) is 0. The van der Waals surface area contributed by atoms with Crippen LogP contribution in [-0.2, 0) is 19.3 Å². The summed E-state index contributed by atoms with van der Waals surface area (Å²) in [6, 6.07) is 18.9. The second kappa shape index (κ2) is 7.64. The predicted octanol–water partition coefficient (Wildman–Crippen LogP) is 6.86. The van der Waals surface area contributed by atoms with E-state index in [0.717, 1.165) is 54.4 Å². The molecule has 27 heavy (non-hydrogen) atoms. The molecular weight excluding hydrogens is 338 g/mol. The first-order valence-electron chi connectivity index (χ1n) is 9.80. The van der Waals surface area contributed by atoms with Crippen molar-refractivity contribution >= 4 is 0 Å². The second-order valence-corrected chi connectivity index (χ2v) is 7.54. The average molecular weight is 362 g/mol.